The molecule has 0 saturated carbocycles. The Morgan fingerprint density at radius 3 is 2.70 bits per heavy atom. The van der Waals surface area contributed by atoms with E-state index in [9.17, 15) is 8.42 Å². The fraction of sp³-hybridized carbons (Fsp3) is 0.368. The summed E-state index contributed by atoms with van der Waals surface area (Å²) >= 11 is 1.63. The average molecular weight is 403 g/mol. The lowest BCUT2D eigenvalue weighted by Crippen LogP contribution is -2.41. The number of nitrogens with zero attached hydrogens (tertiary/aromatic N) is 3. The summed E-state index contributed by atoms with van der Waals surface area (Å²) < 4.78 is 23.0. The van der Waals surface area contributed by atoms with Crippen molar-refractivity contribution in [2.75, 3.05) is 43.0 Å². The van der Waals surface area contributed by atoms with Crippen LogP contribution in [-0.2, 0) is 9.84 Å². The maximum atomic E-state index is 11.5. The molecule has 4 rings (SSSR count). The summed E-state index contributed by atoms with van der Waals surface area (Å²) in [5, 5.41) is 8.55. The lowest BCUT2D eigenvalue weighted by atomic mass is 10.2. The van der Waals surface area contributed by atoms with Gasteiger partial charge in [0.1, 0.15) is 5.82 Å². The number of sulfone groups is 1. The summed E-state index contributed by atoms with van der Waals surface area (Å²) in [5.41, 5.74) is 1.96. The fourth-order valence-corrected chi connectivity index (χ4v) is 5.13. The van der Waals surface area contributed by atoms with Gasteiger partial charge in [-0.15, -0.1) is 0 Å². The van der Waals surface area contributed by atoms with Gasteiger partial charge in [0.2, 0.25) is 0 Å². The number of fused-ring (bicyclic) bond motifs is 1. The van der Waals surface area contributed by atoms with Crippen molar-refractivity contribution in [3.05, 3.63) is 41.1 Å². The van der Waals surface area contributed by atoms with Gasteiger partial charge in [0, 0.05) is 36.0 Å². The van der Waals surface area contributed by atoms with Crippen LogP contribution in [0.4, 0.5) is 5.82 Å². The molecule has 3 heterocycles. The number of rotatable bonds is 6. The van der Waals surface area contributed by atoms with E-state index in [1.165, 1.54) is 0 Å². The second-order valence-electron chi connectivity index (χ2n) is 6.70. The number of hydrogen-bond acceptors (Lipinski definition) is 7. The molecule has 1 fully saturated rings. The minimum Gasteiger partial charge on any atom is -0.369 e. The molecule has 0 bridgehead atoms. The topological polar surface area (TPSA) is 75.2 Å². The van der Waals surface area contributed by atoms with Gasteiger partial charge >= 0.3 is 0 Å². The lowest BCUT2D eigenvalue weighted by Gasteiger charge is -2.26. The molecule has 1 aliphatic heterocycles. The van der Waals surface area contributed by atoms with Gasteiger partial charge in [-0.3, -0.25) is 0 Å². The molecule has 1 aromatic carbocycles. The molecular formula is C19H22N4O2S2. The highest BCUT2D eigenvalue weighted by Gasteiger charge is 2.20. The minimum atomic E-state index is -2.81. The largest absolute Gasteiger partial charge is 0.369 e. The zero-order valence-electron chi connectivity index (χ0n) is 15.0. The van der Waals surface area contributed by atoms with E-state index < -0.39 is 9.84 Å². The molecule has 0 amide bonds. The predicted octanol–water partition coefficient (Wildman–Crippen LogP) is 2.89. The van der Waals surface area contributed by atoms with Crippen molar-refractivity contribution in [1.82, 2.24) is 14.9 Å². The van der Waals surface area contributed by atoms with Crippen LogP contribution in [0, 0.1) is 0 Å². The molecule has 1 aliphatic rings. The molecule has 2 aromatic heterocycles. The van der Waals surface area contributed by atoms with Crippen LogP contribution in [0.15, 0.2) is 41.1 Å². The Balaban J connectivity index is 1.42. The van der Waals surface area contributed by atoms with E-state index in [4.69, 9.17) is 4.98 Å². The fourth-order valence-electron chi connectivity index (χ4n) is 3.22. The molecule has 0 atom stereocenters. The molecule has 8 heteroatoms. The van der Waals surface area contributed by atoms with Crippen LogP contribution < -0.4 is 5.32 Å². The first-order valence-corrected chi connectivity index (χ1v) is 11.8. The molecule has 0 aliphatic carbocycles. The maximum absolute atomic E-state index is 11.5. The number of nitrogens with one attached hydrogen (secondary N) is 1. The van der Waals surface area contributed by atoms with Gasteiger partial charge in [0.05, 0.1) is 17.0 Å². The summed E-state index contributed by atoms with van der Waals surface area (Å²) in [5.74, 6) is 2.14. The molecule has 0 unspecified atom stereocenters. The molecular weight excluding hydrogens is 380 g/mol. The first-order chi connectivity index (χ1) is 13.1. The molecule has 3 aromatic rings. The van der Waals surface area contributed by atoms with Crippen molar-refractivity contribution in [1.29, 1.82) is 0 Å². The first-order valence-electron chi connectivity index (χ1n) is 9.07. The second kappa shape index (κ2) is 7.92. The maximum Gasteiger partial charge on any atom is 0.162 e. The highest BCUT2D eigenvalue weighted by atomic mass is 32.2. The van der Waals surface area contributed by atoms with Crippen molar-refractivity contribution in [3.8, 4) is 11.4 Å². The van der Waals surface area contributed by atoms with Crippen LogP contribution in [0.25, 0.3) is 22.3 Å². The SMILES string of the molecule is O=S1(=O)CCN(CCCNc2nc(-c3ccsc3)nc3ccccc23)CC1. The number of anilines is 1. The number of aromatic nitrogens is 2. The van der Waals surface area contributed by atoms with E-state index in [1.54, 1.807) is 11.3 Å². The molecule has 27 heavy (non-hydrogen) atoms. The number of hydrogen-bond donors (Lipinski definition) is 1. The van der Waals surface area contributed by atoms with Gasteiger partial charge < -0.3 is 10.2 Å². The monoisotopic (exact) mass is 402 g/mol. The molecule has 6 nitrogen and oxygen atoms in total. The third-order valence-corrected chi connectivity index (χ3v) is 7.06. The summed E-state index contributed by atoms with van der Waals surface area (Å²) in [6, 6.07) is 10.1. The summed E-state index contributed by atoms with van der Waals surface area (Å²) in [6.07, 6.45) is 0.937. The first kappa shape index (κ1) is 18.3. The van der Waals surface area contributed by atoms with E-state index in [2.05, 4.69) is 20.6 Å². The summed E-state index contributed by atoms with van der Waals surface area (Å²) in [7, 11) is -2.81. The molecule has 1 N–H and O–H groups in total. The number of para-hydroxylation sites is 1. The Kier molecular flexibility index (Phi) is 5.38. The smallest absolute Gasteiger partial charge is 0.162 e. The number of benzene rings is 1. The van der Waals surface area contributed by atoms with E-state index >= 15 is 0 Å². The molecule has 1 saturated heterocycles. The normalized spacial score (nSPS) is 17.2. The van der Waals surface area contributed by atoms with E-state index in [0.717, 1.165) is 47.6 Å². The van der Waals surface area contributed by atoms with Crippen LogP contribution in [-0.4, -0.2) is 61.0 Å². The summed E-state index contributed by atoms with van der Waals surface area (Å²) in [4.78, 5) is 11.6. The lowest BCUT2D eigenvalue weighted by molar-refractivity contribution is 0.294. The number of thiophene rings is 1. The highest BCUT2D eigenvalue weighted by molar-refractivity contribution is 7.91. The second-order valence-corrected chi connectivity index (χ2v) is 9.78. The quantitative estimate of drug-likeness (QED) is 0.639. The van der Waals surface area contributed by atoms with Crippen molar-refractivity contribution in [3.63, 3.8) is 0 Å². The molecule has 0 spiro atoms. The van der Waals surface area contributed by atoms with Crippen LogP contribution in [0.5, 0.6) is 0 Å². The third-order valence-electron chi connectivity index (χ3n) is 4.76. The zero-order chi connectivity index (χ0) is 18.7. The van der Waals surface area contributed by atoms with Gasteiger partial charge in [-0.25, -0.2) is 18.4 Å². The average Bonchev–Trinajstić information content (AvgIpc) is 3.21. The van der Waals surface area contributed by atoms with Crippen molar-refractivity contribution in [2.24, 2.45) is 0 Å². The minimum absolute atomic E-state index is 0.279. The highest BCUT2D eigenvalue weighted by Crippen LogP contribution is 2.26. The standard InChI is InChI=1S/C19H22N4O2S2/c24-27(25)12-9-23(10-13-27)8-3-7-20-19-16-4-1-2-5-17(16)21-18(22-19)15-6-11-26-14-15/h1-2,4-6,11,14H,3,7-10,12-13H2,(H,20,21,22). The van der Waals surface area contributed by atoms with Gasteiger partial charge in [0.15, 0.2) is 15.7 Å². The van der Waals surface area contributed by atoms with Crippen LogP contribution >= 0.6 is 11.3 Å². The molecule has 0 radical (unpaired) electrons. The van der Waals surface area contributed by atoms with Crippen LogP contribution in [0.2, 0.25) is 0 Å². The van der Waals surface area contributed by atoms with Crippen molar-refractivity contribution >= 4 is 37.9 Å². The Bertz CT molecular complexity index is 1010. The Morgan fingerprint density at radius 1 is 1.11 bits per heavy atom. The van der Waals surface area contributed by atoms with Gasteiger partial charge in [-0.1, -0.05) is 12.1 Å². The Labute approximate surface area is 163 Å². The Morgan fingerprint density at radius 2 is 1.93 bits per heavy atom. The van der Waals surface area contributed by atoms with Crippen LogP contribution in [0.3, 0.4) is 0 Å². The zero-order valence-corrected chi connectivity index (χ0v) is 16.6. The van der Waals surface area contributed by atoms with E-state index in [-0.39, 0.29) is 11.5 Å². The Hall–Kier alpha value is -2.03. The van der Waals surface area contributed by atoms with E-state index in [1.807, 2.05) is 35.7 Å². The van der Waals surface area contributed by atoms with Gasteiger partial charge in [0.25, 0.3) is 0 Å². The van der Waals surface area contributed by atoms with Gasteiger partial charge in [-0.05, 0) is 36.5 Å². The summed E-state index contributed by atoms with van der Waals surface area (Å²) in [6.45, 7) is 2.96. The third kappa shape index (κ3) is 4.45. The van der Waals surface area contributed by atoms with Gasteiger partial charge in [-0.2, -0.15) is 11.3 Å². The van der Waals surface area contributed by atoms with Crippen molar-refractivity contribution in [2.45, 2.75) is 6.42 Å². The van der Waals surface area contributed by atoms with E-state index in [0.29, 0.717) is 13.1 Å². The van der Waals surface area contributed by atoms with Crippen LogP contribution in [0.1, 0.15) is 6.42 Å². The van der Waals surface area contributed by atoms with Crippen molar-refractivity contribution < 1.29 is 8.42 Å². The molecule has 142 valence electrons. The predicted molar refractivity (Wildman–Crippen MR) is 111 cm³/mol.